The van der Waals surface area contributed by atoms with E-state index in [1.165, 1.54) is 6.92 Å². The molecule has 23 heavy (non-hydrogen) atoms. The maximum atomic E-state index is 12.3. The zero-order valence-electron chi connectivity index (χ0n) is 13.9. The van der Waals surface area contributed by atoms with E-state index in [1.54, 1.807) is 24.1 Å². The number of Topliss-reactive ketones (excluding diaryl/α,β-unsaturated/α-hetero) is 1. The summed E-state index contributed by atoms with van der Waals surface area (Å²) < 4.78 is 10.8. The summed E-state index contributed by atoms with van der Waals surface area (Å²) in [6, 6.07) is 7.16. The van der Waals surface area contributed by atoms with Gasteiger partial charge in [-0.25, -0.2) is 4.79 Å². The molecule has 1 aliphatic rings. The third kappa shape index (κ3) is 5.04. The van der Waals surface area contributed by atoms with Crippen molar-refractivity contribution in [2.75, 3.05) is 26.8 Å². The van der Waals surface area contributed by atoms with Gasteiger partial charge in [0, 0.05) is 25.8 Å². The number of morpholine rings is 1. The van der Waals surface area contributed by atoms with E-state index in [9.17, 15) is 9.59 Å². The Morgan fingerprint density at radius 1 is 1.39 bits per heavy atom. The first kappa shape index (κ1) is 17.4. The van der Waals surface area contributed by atoms with Gasteiger partial charge in [0.15, 0.2) is 5.78 Å². The topological polar surface area (TPSA) is 67.9 Å². The van der Waals surface area contributed by atoms with Gasteiger partial charge in [-0.05, 0) is 25.5 Å². The SMILES string of the molecule is COC[C@H]1CN(C(=O)NCc2cccc(C(C)=O)c2)C[C@H](C)O1. The van der Waals surface area contributed by atoms with E-state index in [0.717, 1.165) is 5.56 Å². The summed E-state index contributed by atoms with van der Waals surface area (Å²) in [6.07, 6.45) is -0.119. The highest BCUT2D eigenvalue weighted by atomic mass is 16.5. The van der Waals surface area contributed by atoms with Crippen LogP contribution in [-0.4, -0.2) is 55.7 Å². The van der Waals surface area contributed by atoms with E-state index in [-0.39, 0.29) is 24.0 Å². The van der Waals surface area contributed by atoms with Gasteiger partial charge in [-0.2, -0.15) is 0 Å². The van der Waals surface area contributed by atoms with Crippen LogP contribution in [0.15, 0.2) is 24.3 Å². The van der Waals surface area contributed by atoms with Gasteiger partial charge < -0.3 is 19.7 Å². The Balaban J connectivity index is 1.91. The van der Waals surface area contributed by atoms with Gasteiger partial charge in [0.1, 0.15) is 0 Å². The second kappa shape index (κ2) is 8.08. The summed E-state index contributed by atoms with van der Waals surface area (Å²) in [4.78, 5) is 25.5. The van der Waals surface area contributed by atoms with Crippen LogP contribution >= 0.6 is 0 Å². The molecule has 0 bridgehead atoms. The first-order valence-electron chi connectivity index (χ1n) is 7.76. The summed E-state index contributed by atoms with van der Waals surface area (Å²) in [5.41, 5.74) is 1.55. The number of ether oxygens (including phenoxy) is 2. The minimum Gasteiger partial charge on any atom is -0.382 e. The number of hydrogen-bond acceptors (Lipinski definition) is 4. The standard InChI is InChI=1S/C17H24N2O4/c1-12-9-19(10-16(23-12)11-22-3)17(21)18-8-14-5-4-6-15(7-14)13(2)20/h4-7,12,16H,8-11H2,1-3H3,(H,18,21)/t12-,16+/m0/s1. The van der Waals surface area contributed by atoms with Gasteiger partial charge in [-0.3, -0.25) is 4.79 Å². The highest BCUT2D eigenvalue weighted by molar-refractivity contribution is 5.94. The Bertz CT molecular complexity index is 561. The van der Waals surface area contributed by atoms with Crippen molar-refractivity contribution < 1.29 is 19.1 Å². The van der Waals surface area contributed by atoms with Crippen molar-refractivity contribution in [1.82, 2.24) is 10.2 Å². The van der Waals surface area contributed by atoms with Gasteiger partial charge >= 0.3 is 6.03 Å². The van der Waals surface area contributed by atoms with Crippen molar-refractivity contribution >= 4 is 11.8 Å². The fourth-order valence-electron chi connectivity index (χ4n) is 2.68. The highest BCUT2D eigenvalue weighted by Crippen LogP contribution is 2.12. The molecule has 1 aliphatic heterocycles. The average molecular weight is 320 g/mol. The van der Waals surface area contributed by atoms with Crippen molar-refractivity contribution in [2.24, 2.45) is 0 Å². The monoisotopic (exact) mass is 320 g/mol. The lowest BCUT2D eigenvalue weighted by atomic mass is 10.1. The van der Waals surface area contributed by atoms with Gasteiger partial charge in [-0.1, -0.05) is 18.2 Å². The number of hydrogen-bond donors (Lipinski definition) is 1. The van der Waals surface area contributed by atoms with Crippen LogP contribution in [0.3, 0.4) is 0 Å². The number of benzene rings is 1. The molecule has 2 rings (SSSR count). The van der Waals surface area contributed by atoms with Crippen molar-refractivity contribution in [3.63, 3.8) is 0 Å². The maximum absolute atomic E-state index is 12.3. The Morgan fingerprint density at radius 3 is 2.87 bits per heavy atom. The van der Waals surface area contributed by atoms with Gasteiger partial charge in [-0.15, -0.1) is 0 Å². The minimum atomic E-state index is -0.130. The lowest BCUT2D eigenvalue weighted by molar-refractivity contribution is -0.0897. The third-order valence-corrected chi connectivity index (χ3v) is 3.74. The van der Waals surface area contributed by atoms with Crippen molar-refractivity contribution in [2.45, 2.75) is 32.6 Å². The molecular weight excluding hydrogens is 296 g/mol. The predicted molar refractivity (Wildman–Crippen MR) is 86.5 cm³/mol. The number of carbonyl (C=O) groups is 2. The molecule has 0 aromatic heterocycles. The molecule has 0 spiro atoms. The first-order valence-corrected chi connectivity index (χ1v) is 7.76. The highest BCUT2D eigenvalue weighted by Gasteiger charge is 2.28. The molecule has 1 fully saturated rings. The molecule has 2 amide bonds. The summed E-state index contributed by atoms with van der Waals surface area (Å²) in [6.45, 7) is 5.40. The zero-order chi connectivity index (χ0) is 16.8. The largest absolute Gasteiger partial charge is 0.382 e. The quantitative estimate of drug-likeness (QED) is 0.841. The molecule has 6 heteroatoms. The maximum Gasteiger partial charge on any atom is 0.317 e. The Kier molecular flexibility index (Phi) is 6.12. The van der Waals surface area contributed by atoms with Crippen LogP contribution in [0.4, 0.5) is 4.79 Å². The summed E-state index contributed by atoms with van der Waals surface area (Å²) >= 11 is 0. The number of ketones is 1. The number of nitrogens with zero attached hydrogens (tertiary/aromatic N) is 1. The van der Waals surface area contributed by atoms with Gasteiger partial charge in [0.25, 0.3) is 0 Å². The number of nitrogens with one attached hydrogen (secondary N) is 1. The molecule has 0 unspecified atom stereocenters. The van der Waals surface area contributed by atoms with E-state index < -0.39 is 0 Å². The Hall–Kier alpha value is -1.92. The second-order valence-electron chi connectivity index (χ2n) is 5.84. The van der Waals surface area contributed by atoms with Crippen LogP contribution in [-0.2, 0) is 16.0 Å². The number of urea groups is 1. The molecule has 1 saturated heterocycles. The fourth-order valence-corrected chi connectivity index (χ4v) is 2.68. The van der Waals surface area contributed by atoms with Crippen LogP contribution in [0.2, 0.25) is 0 Å². The molecule has 1 N–H and O–H groups in total. The number of rotatable bonds is 5. The van der Waals surface area contributed by atoms with E-state index in [1.807, 2.05) is 19.1 Å². The lowest BCUT2D eigenvalue weighted by Gasteiger charge is -2.36. The molecule has 2 atom stereocenters. The molecule has 1 aromatic rings. The van der Waals surface area contributed by atoms with Gasteiger partial charge in [0.2, 0.25) is 0 Å². The van der Waals surface area contributed by atoms with Crippen molar-refractivity contribution in [3.8, 4) is 0 Å². The van der Waals surface area contributed by atoms with Crippen molar-refractivity contribution in [1.29, 1.82) is 0 Å². The molecule has 0 saturated carbocycles. The number of methoxy groups -OCH3 is 1. The molecule has 126 valence electrons. The Morgan fingerprint density at radius 2 is 2.17 bits per heavy atom. The van der Waals surface area contributed by atoms with E-state index in [4.69, 9.17) is 9.47 Å². The Labute approximate surface area is 136 Å². The predicted octanol–water partition coefficient (Wildman–Crippen LogP) is 1.83. The summed E-state index contributed by atoms with van der Waals surface area (Å²) in [5, 5.41) is 2.90. The van der Waals surface area contributed by atoms with E-state index in [2.05, 4.69) is 5.32 Å². The third-order valence-electron chi connectivity index (χ3n) is 3.74. The first-order chi connectivity index (χ1) is 11.0. The number of carbonyl (C=O) groups excluding carboxylic acids is 2. The fraction of sp³-hybridized carbons (Fsp3) is 0.529. The second-order valence-corrected chi connectivity index (χ2v) is 5.84. The van der Waals surface area contributed by atoms with Crippen molar-refractivity contribution in [3.05, 3.63) is 35.4 Å². The lowest BCUT2D eigenvalue weighted by Crippen LogP contribution is -2.53. The van der Waals surface area contributed by atoms with E-state index in [0.29, 0.717) is 31.8 Å². The summed E-state index contributed by atoms with van der Waals surface area (Å²) in [5.74, 6) is 0.0163. The normalized spacial score (nSPS) is 21.1. The molecule has 1 aromatic carbocycles. The molecule has 0 radical (unpaired) electrons. The van der Waals surface area contributed by atoms with E-state index >= 15 is 0 Å². The average Bonchev–Trinajstić information content (AvgIpc) is 2.52. The van der Waals surface area contributed by atoms with Gasteiger partial charge in [0.05, 0.1) is 25.4 Å². The molecule has 1 heterocycles. The van der Waals surface area contributed by atoms with Crippen LogP contribution in [0, 0.1) is 0 Å². The number of amides is 2. The molecule has 6 nitrogen and oxygen atoms in total. The summed E-state index contributed by atoms with van der Waals surface area (Å²) in [7, 11) is 1.62. The van der Waals surface area contributed by atoms with Crippen LogP contribution in [0.1, 0.15) is 29.8 Å². The minimum absolute atomic E-state index is 0.0163. The smallest absolute Gasteiger partial charge is 0.317 e. The van der Waals surface area contributed by atoms with Crippen LogP contribution in [0.5, 0.6) is 0 Å². The van der Waals surface area contributed by atoms with Crippen LogP contribution in [0.25, 0.3) is 0 Å². The zero-order valence-corrected chi connectivity index (χ0v) is 13.9. The molecular formula is C17H24N2O4. The molecule has 0 aliphatic carbocycles. The van der Waals surface area contributed by atoms with Crippen LogP contribution < -0.4 is 5.32 Å².